The Morgan fingerprint density at radius 2 is 1.88 bits per heavy atom. The lowest BCUT2D eigenvalue weighted by Crippen LogP contribution is -2.31. The van der Waals surface area contributed by atoms with Gasteiger partial charge in [-0.1, -0.05) is 25.8 Å². The fourth-order valence-electron chi connectivity index (χ4n) is 4.68. The van der Waals surface area contributed by atoms with Crippen molar-refractivity contribution in [3.8, 4) is 22.0 Å². The van der Waals surface area contributed by atoms with Crippen LogP contribution in [0.1, 0.15) is 64.1 Å². The zero-order valence-electron chi connectivity index (χ0n) is 27.3. The number of esters is 2. The van der Waals surface area contributed by atoms with Crippen LogP contribution in [0.15, 0.2) is 42.7 Å². The molecule has 1 atom stereocenters. The van der Waals surface area contributed by atoms with Gasteiger partial charge in [0.1, 0.15) is 16.4 Å². The molecule has 0 aliphatic heterocycles. The van der Waals surface area contributed by atoms with Crippen LogP contribution in [-0.4, -0.2) is 77.4 Å². The van der Waals surface area contributed by atoms with E-state index >= 15 is 0 Å². The van der Waals surface area contributed by atoms with Crippen molar-refractivity contribution in [2.45, 2.75) is 71.2 Å². The van der Waals surface area contributed by atoms with E-state index in [1.807, 2.05) is 16.3 Å². The summed E-state index contributed by atoms with van der Waals surface area (Å²) in [5.74, 6) is -4.29. The largest absolute Gasteiger partial charge is 0.481 e. The molecular formula is C32H39F2N7O7S. The SMILES string of the molecule is C=Cc1csc(-c2cnn(COC(=O)C(CC(=O)O)OC(C)=O)c2)n1.CCO.CNc1cn(C2CCCCC2)nc1-c1nc(F)ccc1F. The van der Waals surface area contributed by atoms with Gasteiger partial charge >= 0.3 is 17.9 Å². The van der Waals surface area contributed by atoms with Crippen LogP contribution in [0.3, 0.4) is 0 Å². The van der Waals surface area contributed by atoms with Gasteiger partial charge in [0.2, 0.25) is 12.1 Å². The molecule has 0 spiro atoms. The number of carboxylic acids is 1. The Labute approximate surface area is 285 Å². The number of carbonyl (C=O) groups is 3. The normalized spacial score (nSPS) is 13.2. The van der Waals surface area contributed by atoms with E-state index in [1.54, 1.807) is 32.4 Å². The Kier molecular flexibility index (Phi) is 15.0. The monoisotopic (exact) mass is 703 g/mol. The number of rotatable bonds is 11. The summed E-state index contributed by atoms with van der Waals surface area (Å²) in [7, 11) is 1.74. The topological polar surface area (TPSA) is 184 Å². The van der Waals surface area contributed by atoms with Crippen molar-refractivity contribution >= 4 is 41.0 Å². The molecule has 0 radical (unpaired) electrons. The number of aromatic nitrogens is 6. The lowest BCUT2D eigenvalue weighted by atomic mass is 9.96. The molecule has 49 heavy (non-hydrogen) atoms. The summed E-state index contributed by atoms with van der Waals surface area (Å²) < 4.78 is 40.0. The van der Waals surface area contributed by atoms with E-state index in [1.165, 1.54) is 35.3 Å². The van der Waals surface area contributed by atoms with Gasteiger partial charge in [-0.25, -0.2) is 23.8 Å². The van der Waals surface area contributed by atoms with Gasteiger partial charge in [-0.15, -0.1) is 11.3 Å². The molecule has 1 fully saturated rings. The highest BCUT2D eigenvalue weighted by Gasteiger charge is 2.27. The standard InChI is InChI=1S/C15H18F2N4.C15H15N3O6S.C2H6O/c1-18-12-9-21(10-5-3-2-4-6-10)20-15(12)14-11(16)7-8-13(17)19-14;1-3-11-7-25-14(17-11)10-5-16-18(6-10)8-23-15(22)12(4-13(20)21)24-9(2)19;1-2-3/h7-10,18H,2-6H2,1H3;3,5-7,12H,1,4,8H2,2H3,(H,20,21);3H,2H2,1H3. The first-order valence-corrected chi connectivity index (χ1v) is 16.2. The number of ether oxygens (including phenoxy) is 2. The molecule has 14 nitrogen and oxygen atoms in total. The van der Waals surface area contributed by atoms with Crippen LogP contribution in [0.4, 0.5) is 14.5 Å². The number of hydrogen-bond donors (Lipinski definition) is 3. The van der Waals surface area contributed by atoms with Crippen LogP contribution in [0.2, 0.25) is 0 Å². The molecule has 3 N–H and O–H groups in total. The van der Waals surface area contributed by atoms with Gasteiger partial charge in [-0.2, -0.15) is 14.6 Å². The molecule has 0 aromatic carbocycles. The first-order valence-electron chi connectivity index (χ1n) is 15.4. The molecule has 0 amide bonds. The fourth-order valence-corrected chi connectivity index (χ4v) is 5.46. The van der Waals surface area contributed by atoms with Crippen LogP contribution in [0, 0.1) is 11.8 Å². The highest BCUT2D eigenvalue weighted by molar-refractivity contribution is 7.13. The minimum absolute atomic E-state index is 0.0473. The Balaban J connectivity index is 0.000000248. The molecule has 1 aliphatic carbocycles. The predicted octanol–water partition coefficient (Wildman–Crippen LogP) is 5.33. The second kappa shape index (κ2) is 19.1. The third-order valence-corrected chi connectivity index (χ3v) is 7.78. The van der Waals surface area contributed by atoms with Gasteiger partial charge in [-0.05, 0) is 38.0 Å². The third kappa shape index (κ3) is 11.6. The number of aliphatic carboxylic acids is 1. The number of halogens is 2. The van der Waals surface area contributed by atoms with Crippen molar-refractivity contribution < 1.29 is 42.9 Å². The maximum Gasteiger partial charge on any atom is 0.349 e. The minimum Gasteiger partial charge on any atom is -0.481 e. The molecule has 1 saturated carbocycles. The molecule has 17 heteroatoms. The van der Waals surface area contributed by atoms with Gasteiger partial charge in [0, 0.05) is 43.9 Å². The van der Waals surface area contributed by atoms with E-state index < -0.39 is 42.2 Å². The van der Waals surface area contributed by atoms with Crippen molar-refractivity contribution in [1.82, 2.24) is 29.5 Å². The fraction of sp³-hybridized carbons (Fsp3) is 0.406. The number of pyridine rings is 1. The van der Waals surface area contributed by atoms with Gasteiger partial charge in [-0.3, -0.25) is 14.3 Å². The highest BCUT2D eigenvalue weighted by Crippen LogP contribution is 2.33. The summed E-state index contributed by atoms with van der Waals surface area (Å²) in [5, 5.41) is 30.4. The first kappa shape index (κ1) is 38.4. The maximum absolute atomic E-state index is 13.9. The Hall–Kier alpha value is -5.03. The number of carboxylic acid groups (broad SMARTS) is 1. The summed E-state index contributed by atoms with van der Waals surface area (Å²) >= 11 is 1.42. The number of aliphatic hydroxyl groups excluding tert-OH is 1. The molecule has 0 saturated heterocycles. The minimum atomic E-state index is -1.50. The van der Waals surface area contributed by atoms with E-state index in [0.29, 0.717) is 17.4 Å². The summed E-state index contributed by atoms with van der Waals surface area (Å²) in [6.45, 7) is 6.39. The summed E-state index contributed by atoms with van der Waals surface area (Å²) in [4.78, 5) is 41.5. The first-order chi connectivity index (χ1) is 23.5. The molecule has 5 rings (SSSR count). The second-order valence-corrected chi connectivity index (χ2v) is 11.4. The van der Waals surface area contributed by atoms with Crippen molar-refractivity contribution in [3.05, 3.63) is 60.1 Å². The van der Waals surface area contributed by atoms with Gasteiger partial charge in [0.05, 0.1) is 30.0 Å². The predicted molar refractivity (Wildman–Crippen MR) is 177 cm³/mol. The van der Waals surface area contributed by atoms with Crippen LogP contribution >= 0.6 is 11.3 Å². The van der Waals surface area contributed by atoms with Crippen LogP contribution < -0.4 is 5.32 Å². The summed E-state index contributed by atoms with van der Waals surface area (Å²) in [6, 6.07) is 2.42. The lowest BCUT2D eigenvalue weighted by Gasteiger charge is -2.21. The molecule has 4 aromatic heterocycles. The van der Waals surface area contributed by atoms with Crippen molar-refractivity contribution in [3.63, 3.8) is 0 Å². The Morgan fingerprint density at radius 1 is 1.16 bits per heavy atom. The number of thiazole rings is 1. The Bertz CT molecular complexity index is 1690. The average Bonchev–Trinajstić information content (AvgIpc) is 3.85. The number of hydrogen-bond acceptors (Lipinski definition) is 12. The molecule has 1 unspecified atom stereocenters. The second-order valence-electron chi connectivity index (χ2n) is 10.5. The van der Waals surface area contributed by atoms with Crippen LogP contribution in [0.25, 0.3) is 28.0 Å². The number of nitrogens with one attached hydrogen (secondary N) is 1. The third-order valence-electron chi connectivity index (χ3n) is 6.87. The van der Waals surface area contributed by atoms with E-state index in [4.69, 9.17) is 14.9 Å². The number of carbonyl (C=O) groups excluding carboxylic acids is 2. The van der Waals surface area contributed by atoms with Crippen molar-refractivity contribution in [2.24, 2.45) is 0 Å². The van der Waals surface area contributed by atoms with Crippen molar-refractivity contribution in [1.29, 1.82) is 0 Å². The van der Waals surface area contributed by atoms with E-state index in [0.717, 1.165) is 48.2 Å². The van der Waals surface area contributed by atoms with Crippen LogP contribution in [-0.2, 0) is 30.6 Å². The van der Waals surface area contributed by atoms with E-state index in [9.17, 15) is 23.2 Å². The van der Waals surface area contributed by atoms with Gasteiger partial charge < -0.3 is 25.0 Å². The molecule has 0 bridgehead atoms. The summed E-state index contributed by atoms with van der Waals surface area (Å²) in [6.07, 6.45) is 10.3. The number of nitrogens with zero attached hydrogens (tertiary/aromatic N) is 6. The quantitative estimate of drug-likeness (QED) is 0.135. The van der Waals surface area contributed by atoms with E-state index in [2.05, 4.69) is 36.8 Å². The van der Waals surface area contributed by atoms with Gasteiger partial charge in [0.15, 0.2) is 12.5 Å². The molecule has 264 valence electrons. The summed E-state index contributed by atoms with van der Waals surface area (Å²) in [5.41, 5.74) is 2.46. The zero-order chi connectivity index (χ0) is 35.9. The molecular weight excluding hydrogens is 664 g/mol. The lowest BCUT2D eigenvalue weighted by molar-refractivity contribution is -0.172. The van der Waals surface area contributed by atoms with E-state index in [-0.39, 0.29) is 19.0 Å². The molecule has 4 aromatic rings. The zero-order valence-corrected chi connectivity index (χ0v) is 28.2. The Morgan fingerprint density at radius 3 is 2.49 bits per heavy atom. The average molecular weight is 704 g/mol. The number of anilines is 1. The number of aliphatic hydroxyl groups is 1. The van der Waals surface area contributed by atoms with Crippen molar-refractivity contribution in [2.75, 3.05) is 19.0 Å². The smallest absolute Gasteiger partial charge is 0.349 e. The van der Waals surface area contributed by atoms with Gasteiger partial charge in [0.25, 0.3) is 0 Å². The molecule has 4 heterocycles. The highest BCUT2D eigenvalue weighted by atomic mass is 32.1. The van der Waals surface area contributed by atoms with Crippen LogP contribution in [0.5, 0.6) is 0 Å². The molecule has 1 aliphatic rings. The maximum atomic E-state index is 13.9.